The molecule has 30 heavy (non-hydrogen) atoms. The Morgan fingerprint density at radius 1 is 1.23 bits per heavy atom. The molecule has 1 atom stereocenters. The highest BCUT2D eigenvalue weighted by molar-refractivity contribution is 5.76. The van der Waals surface area contributed by atoms with E-state index in [4.69, 9.17) is 4.74 Å². The minimum absolute atomic E-state index is 0.0206. The highest BCUT2D eigenvalue weighted by atomic mass is 16.5. The van der Waals surface area contributed by atoms with E-state index in [9.17, 15) is 4.79 Å². The Hall–Kier alpha value is -2.93. The Morgan fingerprint density at radius 3 is 2.67 bits per heavy atom. The fraction of sp³-hybridized carbons (Fsp3) is 0.435. The van der Waals surface area contributed by atoms with Gasteiger partial charge in [-0.25, -0.2) is 9.50 Å². The molecule has 160 valence electrons. The molecule has 2 aromatic heterocycles. The van der Waals surface area contributed by atoms with Crippen molar-refractivity contribution in [1.29, 1.82) is 0 Å². The lowest BCUT2D eigenvalue weighted by Gasteiger charge is -2.26. The van der Waals surface area contributed by atoms with Gasteiger partial charge in [-0.2, -0.15) is 5.10 Å². The molecule has 0 aliphatic rings. The maximum absolute atomic E-state index is 12.6. The monoisotopic (exact) mass is 409 g/mol. The molecule has 3 rings (SSSR count). The standard InChI is InChI=1S/C23H31N5O2/c1-15-13-22-25-16(2)18(17(3)28(22)26-15)11-12-23(29)24-14-20(27(4)5)19-9-7-8-10-21(19)30-6/h7-10,13,20H,11-12,14H2,1-6H3,(H,24,29). The molecular weight excluding hydrogens is 378 g/mol. The van der Waals surface area contributed by atoms with E-state index < -0.39 is 0 Å². The number of likely N-dealkylation sites (N-methyl/N-ethyl adjacent to an activating group) is 1. The minimum atomic E-state index is 0.0206. The minimum Gasteiger partial charge on any atom is -0.496 e. The number of carbonyl (C=O) groups excluding carboxylic acids is 1. The molecule has 0 saturated carbocycles. The van der Waals surface area contributed by atoms with E-state index in [1.54, 1.807) is 7.11 Å². The molecule has 1 N–H and O–H groups in total. The molecule has 0 aliphatic carbocycles. The van der Waals surface area contributed by atoms with Crippen molar-refractivity contribution in [2.45, 2.75) is 39.7 Å². The molecular formula is C23H31N5O2. The maximum atomic E-state index is 12.6. The van der Waals surface area contributed by atoms with E-state index in [0.29, 0.717) is 19.4 Å². The van der Waals surface area contributed by atoms with E-state index >= 15 is 0 Å². The lowest BCUT2D eigenvalue weighted by atomic mass is 10.0. The summed E-state index contributed by atoms with van der Waals surface area (Å²) in [4.78, 5) is 19.3. The van der Waals surface area contributed by atoms with Gasteiger partial charge in [-0.05, 0) is 52.9 Å². The zero-order valence-corrected chi connectivity index (χ0v) is 18.7. The summed E-state index contributed by atoms with van der Waals surface area (Å²) in [6, 6.07) is 9.91. The molecule has 0 fully saturated rings. The summed E-state index contributed by atoms with van der Waals surface area (Å²) in [5.41, 5.74) is 5.91. The lowest BCUT2D eigenvalue weighted by Crippen LogP contribution is -2.34. The highest BCUT2D eigenvalue weighted by Gasteiger charge is 2.19. The van der Waals surface area contributed by atoms with Crippen LogP contribution in [0.3, 0.4) is 0 Å². The van der Waals surface area contributed by atoms with Crippen LogP contribution in [0.25, 0.3) is 5.65 Å². The normalized spacial score (nSPS) is 12.4. The third-order valence-corrected chi connectivity index (χ3v) is 5.50. The smallest absolute Gasteiger partial charge is 0.220 e. The number of methoxy groups -OCH3 is 1. The highest BCUT2D eigenvalue weighted by Crippen LogP contribution is 2.27. The first-order chi connectivity index (χ1) is 14.3. The molecule has 1 amide bonds. The number of fused-ring (bicyclic) bond motifs is 1. The second-order valence-corrected chi connectivity index (χ2v) is 7.84. The average Bonchev–Trinajstić information content (AvgIpc) is 3.08. The fourth-order valence-corrected chi connectivity index (χ4v) is 3.85. The largest absolute Gasteiger partial charge is 0.496 e. The van der Waals surface area contributed by atoms with Gasteiger partial charge in [0.25, 0.3) is 0 Å². The van der Waals surface area contributed by atoms with Crippen molar-refractivity contribution in [2.75, 3.05) is 27.7 Å². The molecule has 3 aromatic rings. The summed E-state index contributed by atoms with van der Waals surface area (Å²) < 4.78 is 7.36. The van der Waals surface area contributed by atoms with Gasteiger partial charge in [-0.1, -0.05) is 18.2 Å². The van der Waals surface area contributed by atoms with Crippen molar-refractivity contribution in [1.82, 2.24) is 24.8 Å². The first kappa shape index (κ1) is 21.8. The van der Waals surface area contributed by atoms with Crippen molar-refractivity contribution in [3.8, 4) is 5.75 Å². The number of aryl methyl sites for hydroxylation is 3. The summed E-state index contributed by atoms with van der Waals surface area (Å²) in [5.74, 6) is 0.845. The molecule has 1 unspecified atom stereocenters. The zero-order valence-electron chi connectivity index (χ0n) is 18.7. The number of aromatic nitrogens is 3. The maximum Gasteiger partial charge on any atom is 0.220 e. The Kier molecular flexibility index (Phi) is 6.72. The predicted octanol–water partition coefficient (Wildman–Crippen LogP) is 3.01. The number of nitrogens with zero attached hydrogens (tertiary/aromatic N) is 4. The first-order valence-corrected chi connectivity index (χ1v) is 10.2. The van der Waals surface area contributed by atoms with Gasteiger partial charge >= 0.3 is 0 Å². The summed E-state index contributed by atoms with van der Waals surface area (Å²) in [6.07, 6.45) is 1.04. The number of hydrogen-bond donors (Lipinski definition) is 1. The van der Waals surface area contributed by atoms with Gasteiger partial charge in [-0.15, -0.1) is 0 Å². The molecule has 0 spiro atoms. The third-order valence-electron chi connectivity index (χ3n) is 5.50. The topological polar surface area (TPSA) is 71.8 Å². The van der Waals surface area contributed by atoms with Crippen molar-refractivity contribution in [3.05, 3.63) is 58.5 Å². The van der Waals surface area contributed by atoms with Crippen LogP contribution >= 0.6 is 0 Å². The quantitative estimate of drug-likeness (QED) is 0.619. The van der Waals surface area contributed by atoms with Crippen LogP contribution in [0.5, 0.6) is 5.75 Å². The van der Waals surface area contributed by atoms with Crippen LogP contribution in [0.1, 0.15) is 40.7 Å². The van der Waals surface area contributed by atoms with Crippen LogP contribution in [0.2, 0.25) is 0 Å². The van der Waals surface area contributed by atoms with Crippen LogP contribution in [0, 0.1) is 20.8 Å². The van der Waals surface area contributed by atoms with Crippen LogP contribution < -0.4 is 10.1 Å². The molecule has 7 nitrogen and oxygen atoms in total. The molecule has 0 radical (unpaired) electrons. The van der Waals surface area contributed by atoms with Gasteiger partial charge in [0.05, 0.1) is 18.8 Å². The third kappa shape index (κ3) is 4.62. The summed E-state index contributed by atoms with van der Waals surface area (Å²) in [5, 5.41) is 7.59. The molecule has 2 heterocycles. The number of benzene rings is 1. The number of carbonyl (C=O) groups is 1. The van der Waals surface area contributed by atoms with Crippen molar-refractivity contribution in [2.24, 2.45) is 0 Å². The van der Waals surface area contributed by atoms with E-state index in [0.717, 1.165) is 39.6 Å². The number of amides is 1. The van der Waals surface area contributed by atoms with Crippen molar-refractivity contribution in [3.63, 3.8) is 0 Å². The zero-order chi connectivity index (χ0) is 21.8. The van der Waals surface area contributed by atoms with E-state index in [1.165, 1.54) is 0 Å². The first-order valence-electron chi connectivity index (χ1n) is 10.2. The summed E-state index contributed by atoms with van der Waals surface area (Å²) >= 11 is 0. The number of hydrogen-bond acceptors (Lipinski definition) is 5. The number of ether oxygens (including phenoxy) is 1. The van der Waals surface area contributed by atoms with Crippen LogP contribution in [0.4, 0.5) is 0 Å². The Balaban J connectivity index is 1.66. The van der Waals surface area contributed by atoms with E-state index in [-0.39, 0.29) is 11.9 Å². The van der Waals surface area contributed by atoms with Crippen molar-refractivity contribution < 1.29 is 9.53 Å². The van der Waals surface area contributed by atoms with Gasteiger partial charge in [0, 0.05) is 36.0 Å². The molecule has 1 aromatic carbocycles. The fourth-order valence-electron chi connectivity index (χ4n) is 3.85. The Bertz CT molecular complexity index is 1040. The average molecular weight is 410 g/mol. The molecule has 7 heteroatoms. The van der Waals surface area contributed by atoms with Gasteiger partial charge in [0.2, 0.25) is 5.91 Å². The summed E-state index contributed by atoms with van der Waals surface area (Å²) in [6.45, 7) is 6.50. The van der Waals surface area contributed by atoms with Gasteiger partial charge in [-0.3, -0.25) is 4.79 Å². The molecule has 0 bridgehead atoms. The molecule has 0 aliphatic heterocycles. The van der Waals surface area contributed by atoms with Gasteiger partial charge < -0.3 is 15.0 Å². The van der Waals surface area contributed by atoms with Crippen LogP contribution in [-0.4, -0.2) is 53.2 Å². The van der Waals surface area contributed by atoms with Crippen LogP contribution in [0.15, 0.2) is 30.3 Å². The van der Waals surface area contributed by atoms with E-state index in [1.807, 2.05) is 69.7 Å². The van der Waals surface area contributed by atoms with Gasteiger partial charge in [0.15, 0.2) is 5.65 Å². The summed E-state index contributed by atoms with van der Waals surface area (Å²) in [7, 11) is 5.67. The number of nitrogens with one attached hydrogen (secondary N) is 1. The second kappa shape index (κ2) is 9.26. The number of para-hydroxylation sites is 1. The second-order valence-electron chi connectivity index (χ2n) is 7.84. The Labute approximate surface area is 178 Å². The SMILES string of the molecule is COc1ccccc1C(CNC(=O)CCc1c(C)nc2cc(C)nn2c1C)N(C)C. The van der Waals surface area contributed by atoms with Crippen molar-refractivity contribution >= 4 is 11.6 Å². The Morgan fingerprint density at radius 2 is 1.97 bits per heavy atom. The molecule has 0 saturated heterocycles. The van der Waals surface area contributed by atoms with Crippen LogP contribution in [-0.2, 0) is 11.2 Å². The van der Waals surface area contributed by atoms with Gasteiger partial charge in [0.1, 0.15) is 5.75 Å². The predicted molar refractivity (Wildman–Crippen MR) is 118 cm³/mol. The number of rotatable bonds is 8. The lowest BCUT2D eigenvalue weighted by molar-refractivity contribution is -0.121. The van der Waals surface area contributed by atoms with E-state index in [2.05, 4.69) is 20.3 Å².